The SMILES string of the molecule is C=CC(=O)NC(C)(C)c1ccc(N2CC(CS(C)(=O)=O)C2(C)C)c2cnc(Nc3ccnc(N4CCC(C)(O)CC4)n3)cc12. The van der Waals surface area contributed by atoms with Crippen molar-refractivity contribution in [3.63, 3.8) is 0 Å². The summed E-state index contributed by atoms with van der Waals surface area (Å²) in [6, 6.07) is 7.78. The molecule has 0 aliphatic carbocycles. The molecule has 12 heteroatoms. The number of sulfone groups is 1. The molecule has 3 N–H and O–H groups in total. The van der Waals surface area contributed by atoms with E-state index in [0.29, 0.717) is 50.1 Å². The highest BCUT2D eigenvalue weighted by Crippen LogP contribution is 2.45. The fourth-order valence-corrected chi connectivity index (χ4v) is 7.45. The fraction of sp³-hybridized carbons (Fsp3) is 0.500. The van der Waals surface area contributed by atoms with Crippen molar-refractivity contribution in [1.29, 1.82) is 0 Å². The number of hydrogen-bond acceptors (Lipinski definition) is 10. The van der Waals surface area contributed by atoms with Crippen molar-refractivity contribution < 1.29 is 18.3 Å². The highest BCUT2D eigenvalue weighted by atomic mass is 32.2. The maximum atomic E-state index is 12.4. The Kier molecular flexibility index (Phi) is 8.13. The molecule has 2 saturated heterocycles. The molecule has 1 unspecified atom stereocenters. The summed E-state index contributed by atoms with van der Waals surface area (Å²) in [5.74, 6) is 1.61. The smallest absolute Gasteiger partial charge is 0.244 e. The molecule has 3 aromatic rings. The van der Waals surface area contributed by atoms with Crippen LogP contribution < -0.4 is 20.4 Å². The third-order valence-corrected chi connectivity index (χ3v) is 10.1. The van der Waals surface area contributed by atoms with E-state index in [-0.39, 0.29) is 23.1 Å². The van der Waals surface area contributed by atoms with E-state index in [2.05, 4.69) is 45.8 Å². The third-order valence-electron chi connectivity index (χ3n) is 9.09. The number of piperidine rings is 1. The highest BCUT2D eigenvalue weighted by Gasteiger charge is 2.48. The summed E-state index contributed by atoms with van der Waals surface area (Å²) in [4.78, 5) is 30.6. The summed E-state index contributed by atoms with van der Waals surface area (Å²) in [6.45, 7) is 15.4. The van der Waals surface area contributed by atoms with Gasteiger partial charge < -0.3 is 25.5 Å². The molecule has 2 aromatic heterocycles. The zero-order chi connectivity index (χ0) is 32.1. The molecule has 0 spiro atoms. The Bertz CT molecular complexity index is 1690. The van der Waals surface area contributed by atoms with Gasteiger partial charge >= 0.3 is 0 Å². The van der Waals surface area contributed by atoms with E-state index in [1.54, 1.807) is 12.3 Å². The molecule has 1 amide bonds. The predicted octanol–water partition coefficient (Wildman–Crippen LogP) is 3.92. The molecule has 0 saturated carbocycles. The Balaban J connectivity index is 1.51. The number of rotatable bonds is 9. The lowest BCUT2D eigenvalue weighted by Gasteiger charge is -2.57. The summed E-state index contributed by atoms with van der Waals surface area (Å²) >= 11 is 0. The summed E-state index contributed by atoms with van der Waals surface area (Å²) in [5.41, 5.74) is 0.0683. The molecule has 5 rings (SSSR count). The predicted molar refractivity (Wildman–Crippen MR) is 175 cm³/mol. The first-order valence-electron chi connectivity index (χ1n) is 14.9. The van der Waals surface area contributed by atoms with Gasteiger partial charge in [0.25, 0.3) is 0 Å². The normalized spacial score (nSPS) is 19.8. The zero-order valence-corrected chi connectivity index (χ0v) is 27.2. The van der Waals surface area contributed by atoms with Gasteiger partial charge in [-0.15, -0.1) is 0 Å². The Morgan fingerprint density at radius 1 is 1.14 bits per heavy atom. The van der Waals surface area contributed by atoms with Crippen molar-refractivity contribution in [3.8, 4) is 0 Å². The van der Waals surface area contributed by atoms with E-state index in [9.17, 15) is 18.3 Å². The second-order valence-electron chi connectivity index (χ2n) is 13.5. The third kappa shape index (κ3) is 6.51. The van der Waals surface area contributed by atoms with Crippen LogP contribution in [-0.2, 0) is 20.2 Å². The average molecular weight is 622 g/mol. The lowest BCUT2D eigenvalue weighted by molar-refractivity contribution is -0.118. The van der Waals surface area contributed by atoms with Gasteiger partial charge in [0, 0.05) is 60.8 Å². The molecule has 44 heavy (non-hydrogen) atoms. The minimum atomic E-state index is -3.11. The van der Waals surface area contributed by atoms with Crippen LogP contribution in [0.4, 0.5) is 23.3 Å². The highest BCUT2D eigenvalue weighted by molar-refractivity contribution is 7.90. The fourth-order valence-electron chi connectivity index (χ4n) is 6.21. The molecule has 2 fully saturated rings. The number of fused-ring (bicyclic) bond motifs is 1. The number of carbonyl (C=O) groups is 1. The lowest BCUT2D eigenvalue weighted by atomic mass is 9.77. The Morgan fingerprint density at radius 3 is 2.48 bits per heavy atom. The maximum Gasteiger partial charge on any atom is 0.244 e. The Labute approximate surface area is 259 Å². The number of pyridine rings is 1. The van der Waals surface area contributed by atoms with Crippen LogP contribution in [0.5, 0.6) is 0 Å². The van der Waals surface area contributed by atoms with Crippen LogP contribution in [0.15, 0.2) is 49.3 Å². The summed E-state index contributed by atoms with van der Waals surface area (Å²) in [6.07, 6.45) is 7.35. The number of anilines is 4. The molecule has 4 heterocycles. The van der Waals surface area contributed by atoms with Gasteiger partial charge in [-0.05, 0) is 82.7 Å². The molecule has 2 aliphatic rings. The Morgan fingerprint density at radius 2 is 1.84 bits per heavy atom. The van der Waals surface area contributed by atoms with Crippen LogP contribution in [0.2, 0.25) is 0 Å². The largest absolute Gasteiger partial charge is 0.390 e. The number of carbonyl (C=O) groups excluding carboxylic acids is 1. The quantitative estimate of drug-likeness (QED) is 0.301. The lowest BCUT2D eigenvalue weighted by Crippen LogP contribution is -2.66. The van der Waals surface area contributed by atoms with E-state index >= 15 is 0 Å². The first-order chi connectivity index (χ1) is 20.5. The van der Waals surface area contributed by atoms with Gasteiger partial charge in [0.15, 0.2) is 0 Å². The molecular formula is C32H43N7O4S. The van der Waals surface area contributed by atoms with E-state index < -0.39 is 21.0 Å². The summed E-state index contributed by atoms with van der Waals surface area (Å²) in [5, 5.41) is 18.5. The van der Waals surface area contributed by atoms with Crippen LogP contribution in [0.25, 0.3) is 10.8 Å². The molecular weight excluding hydrogens is 578 g/mol. The van der Waals surface area contributed by atoms with Crippen molar-refractivity contribution >= 4 is 49.8 Å². The van der Waals surface area contributed by atoms with E-state index in [0.717, 1.165) is 22.0 Å². The monoisotopic (exact) mass is 621 g/mol. The van der Waals surface area contributed by atoms with Gasteiger partial charge in [-0.3, -0.25) is 4.79 Å². The number of aromatic nitrogens is 3. The molecule has 0 radical (unpaired) electrons. The van der Waals surface area contributed by atoms with Gasteiger partial charge in [0.2, 0.25) is 11.9 Å². The van der Waals surface area contributed by atoms with E-state index in [1.807, 2.05) is 45.2 Å². The van der Waals surface area contributed by atoms with Gasteiger partial charge in [0.1, 0.15) is 21.5 Å². The van der Waals surface area contributed by atoms with Crippen molar-refractivity contribution in [2.75, 3.05) is 46.8 Å². The minimum absolute atomic E-state index is 0.00225. The second-order valence-corrected chi connectivity index (χ2v) is 15.7. The first-order valence-corrected chi connectivity index (χ1v) is 17.0. The van der Waals surface area contributed by atoms with Crippen molar-refractivity contribution in [1.82, 2.24) is 20.3 Å². The zero-order valence-electron chi connectivity index (χ0n) is 26.4. The molecule has 0 bridgehead atoms. The van der Waals surface area contributed by atoms with Crippen molar-refractivity contribution in [3.05, 3.63) is 54.9 Å². The van der Waals surface area contributed by atoms with Crippen LogP contribution in [0.1, 0.15) is 53.0 Å². The van der Waals surface area contributed by atoms with Gasteiger partial charge in [-0.25, -0.2) is 18.4 Å². The van der Waals surface area contributed by atoms with Gasteiger partial charge in [0.05, 0.1) is 16.9 Å². The Hall–Kier alpha value is -3.77. The first kappa shape index (κ1) is 31.6. The van der Waals surface area contributed by atoms with Crippen LogP contribution in [0.3, 0.4) is 0 Å². The molecule has 1 atom stereocenters. The molecule has 236 valence electrons. The topological polar surface area (TPSA) is 141 Å². The number of nitrogens with zero attached hydrogens (tertiary/aromatic N) is 5. The summed E-state index contributed by atoms with van der Waals surface area (Å²) in [7, 11) is -3.11. The minimum Gasteiger partial charge on any atom is -0.390 e. The van der Waals surface area contributed by atoms with Crippen molar-refractivity contribution in [2.45, 2.75) is 64.1 Å². The average Bonchev–Trinajstić information content (AvgIpc) is 2.94. The number of hydrogen-bond donors (Lipinski definition) is 3. The number of amides is 1. The van der Waals surface area contributed by atoms with Crippen molar-refractivity contribution in [2.24, 2.45) is 5.92 Å². The van der Waals surface area contributed by atoms with Crippen LogP contribution >= 0.6 is 0 Å². The molecule has 11 nitrogen and oxygen atoms in total. The van der Waals surface area contributed by atoms with Crippen LogP contribution in [-0.4, -0.2) is 77.2 Å². The standard InChI is InChI=1S/C32H43N7O4S/c1-8-28(40)37-30(2,3)24-9-10-25(39-19-21(31(39,4)5)20-44(7,42)43)23-18-34-27(17-22(23)24)35-26-11-14-33-29(36-26)38-15-12-32(6,41)13-16-38/h8-11,14,17-18,21,41H,1,12-13,15-16,19-20H2,2-7H3,(H,37,40)(H,33,34,35,36). The molecule has 2 aliphatic heterocycles. The van der Waals surface area contributed by atoms with E-state index in [1.165, 1.54) is 12.3 Å². The second kappa shape index (κ2) is 11.3. The van der Waals surface area contributed by atoms with Gasteiger partial charge in [-0.1, -0.05) is 12.6 Å². The summed E-state index contributed by atoms with van der Waals surface area (Å²) < 4.78 is 24.1. The number of nitrogens with one attached hydrogen (secondary N) is 2. The van der Waals surface area contributed by atoms with Gasteiger partial charge in [-0.2, -0.15) is 4.98 Å². The van der Waals surface area contributed by atoms with E-state index in [4.69, 9.17) is 9.97 Å². The van der Waals surface area contributed by atoms with Crippen LogP contribution in [0, 0.1) is 5.92 Å². The molecule has 1 aromatic carbocycles. The number of aliphatic hydroxyl groups is 1. The number of benzene rings is 1. The maximum absolute atomic E-state index is 12.4.